The molecule has 2 unspecified atom stereocenters. The number of rotatable bonds is 5. The molecule has 4 heteroatoms. The average molecular weight is 211 g/mol. The molecule has 1 aliphatic heterocycles. The van der Waals surface area contributed by atoms with Gasteiger partial charge in [0, 0.05) is 6.42 Å². The second-order valence-electron chi connectivity index (χ2n) is 2.66. The molecular formula is C8H15ClO2S. The van der Waals surface area contributed by atoms with Gasteiger partial charge in [-0.15, -0.1) is 11.6 Å². The molecule has 2 nitrogen and oxygen atoms in total. The van der Waals surface area contributed by atoms with Gasteiger partial charge in [0.1, 0.15) is 0 Å². The second kappa shape index (κ2) is 6.08. The Morgan fingerprint density at radius 3 is 3.00 bits per heavy atom. The zero-order chi connectivity index (χ0) is 8.81. The van der Waals surface area contributed by atoms with Crippen LogP contribution in [-0.4, -0.2) is 36.4 Å². The molecule has 0 radical (unpaired) electrons. The van der Waals surface area contributed by atoms with Gasteiger partial charge < -0.3 is 9.47 Å². The van der Waals surface area contributed by atoms with Crippen molar-refractivity contribution in [2.45, 2.75) is 25.7 Å². The van der Waals surface area contributed by atoms with Gasteiger partial charge in [-0.3, -0.25) is 0 Å². The summed E-state index contributed by atoms with van der Waals surface area (Å²) in [5, 5.41) is 0. The van der Waals surface area contributed by atoms with Gasteiger partial charge in [0.05, 0.1) is 18.6 Å². The summed E-state index contributed by atoms with van der Waals surface area (Å²) in [5.41, 5.74) is 0. The van der Waals surface area contributed by atoms with Gasteiger partial charge in [0.2, 0.25) is 0 Å². The number of alkyl halides is 1. The van der Waals surface area contributed by atoms with Crippen LogP contribution in [0.3, 0.4) is 0 Å². The summed E-state index contributed by atoms with van der Waals surface area (Å²) >= 11 is 7.54. The Morgan fingerprint density at radius 1 is 1.58 bits per heavy atom. The second-order valence-corrected chi connectivity index (χ2v) is 4.36. The molecule has 1 aliphatic rings. The van der Waals surface area contributed by atoms with E-state index in [1.807, 2.05) is 11.8 Å². The van der Waals surface area contributed by atoms with E-state index in [4.69, 9.17) is 21.1 Å². The monoisotopic (exact) mass is 210 g/mol. The minimum atomic E-state index is -0.00667. The van der Waals surface area contributed by atoms with Crippen LogP contribution in [0.5, 0.6) is 0 Å². The van der Waals surface area contributed by atoms with E-state index in [9.17, 15) is 0 Å². The lowest BCUT2D eigenvalue weighted by Crippen LogP contribution is -2.14. The molecule has 0 aromatic rings. The lowest BCUT2D eigenvalue weighted by molar-refractivity contribution is -0.0544. The third-order valence-corrected chi connectivity index (χ3v) is 2.96. The summed E-state index contributed by atoms with van der Waals surface area (Å²) in [5.74, 6) is 2.80. The van der Waals surface area contributed by atoms with Gasteiger partial charge in [-0.05, 0) is 11.5 Å². The van der Waals surface area contributed by atoms with E-state index in [0.29, 0.717) is 12.5 Å². The minimum Gasteiger partial charge on any atom is -0.350 e. The maximum absolute atomic E-state index is 5.62. The highest BCUT2D eigenvalue weighted by atomic mass is 35.5. The fraction of sp³-hybridized carbons (Fsp3) is 1.00. The van der Waals surface area contributed by atoms with Gasteiger partial charge >= 0.3 is 0 Å². The molecule has 0 saturated carbocycles. The summed E-state index contributed by atoms with van der Waals surface area (Å²) in [7, 11) is 0. The third kappa shape index (κ3) is 3.52. The quantitative estimate of drug-likeness (QED) is 0.512. The first-order valence-corrected chi connectivity index (χ1v) is 5.96. The molecule has 1 rings (SSSR count). The van der Waals surface area contributed by atoms with Crippen LogP contribution < -0.4 is 0 Å². The Balaban J connectivity index is 2.03. The molecule has 0 aromatic carbocycles. The maximum Gasteiger partial charge on any atom is 0.159 e. The topological polar surface area (TPSA) is 18.5 Å². The largest absolute Gasteiger partial charge is 0.350 e. The minimum absolute atomic E-state index is 0.00667. The van der Waals surface area contributed by atoms with E-state index in [-0.39, 0.29) is 12.4 Å². The lowest BCUT2D eigenvalue weighted by Gasteiger charge is -2.08. The highest BCUT2D eigenvalue weighted by Crippen LogP contribution is 2.17. The molecular weight excluding hydrogens is 196 g/mol. The van der Waals surface area contributed by atoms with Crippen LogP contribution >= 0.6 is 23.4 Å². The first-order valence-electron chi connectivity index (χ1n) is 4.27. The van der Waals surface area contributed by atoms with Crippen molar-refractivity contribution < 1.29 is 9.47 Å². The van der Waals surface area contributed by atoms with Crippen LogP contribution in [0, 0.1) is 0 Å². The molecule has 0 aliphatic carbocycles. The van der Waals surface area contributed by atoms with Crippen LogP contribution in [0.1, 0.15) is 13.3 Å². The predicted molar refractivity (Wildman–Crippen MR) is 52.9 cm³/mol. The van der Waals surface area contributed by atoms with Gasteiger partial charge in [-0.1, -0.05) is 6.92 Å². The first kappa shape index (κ1) is 10.6. The fourth-order valence-corrected chi connectivity index (χ4v) is 1.87. The zero-order valence-electron chi connectivity index (χ0n) is 7.29. The Labute approximate surface area is 82.9 Å². The lowest BCUT2D eigenvalue weighted by atomic mass is 10.4. The summed E-state index contributed by atoms with van der Waals surface area (Å²) in [6, 6.07) is 0. The number of hydrogen-bond acceptors (Lipinski definition) is 3. The van der Waals surface area contributed by atoms with Crippen LogP contribution in [0.4, 0.5) is 0 Å². The molecule has 72 valence electrons. The maximum atomic E-state index is 5.62. The van der Waals surface area contributed by atoms with Crippen molar-refractivity contribution in [2.75, 3.05) is 24.0 Å². The van der Waals surface area contributed by atoms with Crippen LogP contribution in [0.15, 0.2) is 0 Å². The summed E-state index contributed by atoms with van der Waals surface area (Å²) in [4.78, 5) is 0. The van der Waals surface area contributed by atoms with E-state index in [1.54, 1.807) is 0 Å². The number of halogens is 1. The molecule has 1 saturated heterocycles. The predicted octanol–water partition coefficient (Wildman–Crippen LogP) is 2.11. The smallest absolute Gasteiger partial charge is 0.159 e. The average Bonchev–Trinajstić information content (AvgIpc) is 2.53. The van der Waals surface area contributed by atoms with E-state index < -0.39 is 0 Å². The molecule has 1 fully saturated rings. The number of thioether (sulfide) groups is 1. The van der Waals surface area contributed by atoms with Crippen LogP contribution in [-0.2, 0) is 9.47 Å². The summed E-state index contributed by atoms with van der Waals surface area (Å²) in [6.07, 6.45) is 1.09. The van der Waals surface area contributed by atoms with Crippen molar-refractivity contribution >= 4 is 23.4 Å². The molecule has 2 atom stereocenters. The van der Waals surface area contributed by atoms with Crippen molar-refractivity contribution in [1.29, 1.82) is 0 Å². The molecule has 0 aromatic heterocycles. The molecule has 0 N–H and O–H groups in total. The Bertz CT molecular complexity index is 124. The van der Waals surface area contributed by atoms with Gasteiger partial charge in [-0.25, -0.2) is 0 Å². The van der Waals surface area contributed by atoms with Crippen LogP contribution in [0.25, 0.3) is 0 Å². The molecule has 12 heavy (non-hydrogen) atoms. The van der Waals surface area contributed by atoms with Crippen molar-refractivity contribution in [2.24, 2.45) is 0 Å². The van der Waals surface area contributed by atoms with Crippen molar-refractivity contribution in [3.05, 3.63) is 0 Å². The Morgan fingerprint density at radius 2 is 2.42 bits per heavy atom. The molecule has 0 spiro atoms. The number of ether oxygens (including phenoxy) is 2. The van der Waals surface area contributed by atoms with E-state index in [1.165, 1.54) is 0 Å². The fourth-order valence-electron chi connectivity index (χ4n) is 1.06. The van der Waals surface area contributed by atoms with Gasteiger partial charge in [0.25, 0.3) is 0 Å². The first-order chi connectivity index (χ1) is 5.86. The normalized spacial score (nSPS) is 29.5. The Kier molecular flexibility index (Phi) is 5.39. The SMILES string of the molecule is CCSCCC1OCC(CCl)O1. The van der Waals surface area contributed by atoms with Crippen LogP contribution in [0.2, 0.25) is 0 Å². The van der Waals surface area contributed by atoms with E-state index >= 15 is 0 Å². The third-order valence-electron chi connectivity index (χ3n) is 1.69. The van der Waals surface area contributed by atoms with Crippen molar-refractivity contribution in [3.8, 4) is 0 Å². The van der Waals surface area contributed by atoms with Crippen molar-refractivity contribution in [3.63, 3.8) is 0 Å². The Hall–Kier alpha value is 0.560. The molecule has 0 bridgehead atoms. The molecule has 0 amide bonds. The number of hydrogen-bond donors (Lipinski definition) is 0. The highest BCUT2D eigenvalue weighted by molar-refractivity contribution is 7.99. The summed E-state index contributed by atoms with van der Waals surface area (Å²) in [6.45, 7) is 2.81. The molecule has 1 heterocycles. The zero-order valence-corrected chi connectivity index (χ0v) is 8.87. The van der Waals surface area contributed by atoms with Crippen molar-refractivity contribution in [1.82, 2.24) is 0 Å². The van der Waals surface area contributed by atoms with Gasteiger partial charge in [0.15, 0.2) is 6.29 Å². The highest BCUT2D eigenvalue weighted by Gasteiger charge is 2.24. The summed E-state index contributed by atoms with van der Waals surface area (Å²) < 4.78 is 10.9. The van der Waals surface area contributed by atoms with E-state index in [2.05, 4.69) is 6.92 Å². The van der Waals surface area contributed by atoms with E-state index in [0.717, 1.165) is 17.9 Å². The van der Waals surface area contributed by atoms with Gasteiger partial charge in [-0.2, -0.15) is 11.8 Å². The standard InChI is InChI=1S/C8H15ClO2S/c1-2-12-4-3-8-10-6-7(5-9)11-8/h7-8H,2-6H2,1H3.